The van der Waals surface area contributed by atoms with Crippen LogP contribution in [0.25, 0.3) is 10.9 Å². The summed E-state index contributed by atoms with van der Waals surface area (Å²) < 4.78 is 5.73. The van der Waals surface area contributed by atoms with Gasteiger partial charge in [0, 0.05) is 55.7 Å². The first-order valence-electron chi connectivity index (χ1n) is 11.5. The van der Waals surface area contributed by atoms with Gasteiger partial charge < -0.3 is 14.5 Å². The van der Waals surface area contributed by atoms with Gasteiger partial charge in [-0.1, -0.05) is 24.3 Å². The third-order valence-corrected chi connectivity index (χ3v) is 6.09. The molecule has 7 nitrogen and oxygen atoms in total. The van der Waals surface area contributed by atoms with E-state index in [9.17, 15) is 4.79 Å². The fourth-order valence-corrected chi connectivity index (χ4v) is 4.48. The molecule has 0 radical (unpaired) electrons. The average Bonchev–Trinajstić information content (AvgIpc) is 3.05. The fourth-order valence-electron chi connectivity index (χ4n) is 4.48. The molecule has 0 saturated carbocycles. The Bertz CT molecular complexity index is 1280. The Morgan fingerprint density at radius 1 is 0.971 bits per heavy atom. The zero-order chi connectivity index (χ0) is 23.3. The number of para-hydroxylation sites is 1. The van der Waals surface area contributed by atoms with Crippen LogP contribution in [0.3, 0.4) is 0 Å². The Hall–Kier alpha value is -3.84. The summed E-state index contributed by atoms with van der Waals surface area (Å²) in [5.41, 5.74) is 2.80. The lowest BCUT2D eigenvalue weighted by molar-refractivity contribution is 0.0746. The van der Waals surface area contributed by atoms with Crippen LogP contribution in [0.5, 0.6) is 11.8 Å². The summed E-state index contributed by atoms with van der Waals surface area (Å²) in [7, 11) is 2.12. The van der Waals surface area contributed by atoms with Gasteiger partial charge >= 0.3 is 6.01 Å². The Kier molecular flexibility index (Phi) is 6.44. The van der Waals surface area contributed by atoms with Crippen LogP contribution in [0.2, 0.25) is 0 Å². The molecule has 172 valence electrons. The molecule has 7 heteroatoms. The van der Waals surface area contributed by atoms with E-state index in [0.717, 1.165) is 30.4 Å². The molecule has 1 unspecified atom stereocenters. The number of fused-ring (bicyclic) bond motifs is 1. The molecule has 0 N–H and O–H groups in total. The van der Waals surface area contributed by atoms with Crippen LogP contribution < -0.4 is 4.74 Å². The van der Waals surface area contributed by atoms with E-state index in [1.165, 1.54) is 5.56 Å². The summed E-state index contributed by atoms with van der Waals surface area (Å²) in [4.78, 5) is 30.5. The van der Waals surface area contributed by atoms with Gasteiger partial charge in [-0.05, 0) is 61.3 Å². The lowest BCUT2D eigenvalue weighted by atomic mass is 9.98. The largest absolute Gasteiger partial charge is 0.424 e. The van der Waals surface area contributed by atoms with Crippen LogP contribution >= 0.6 is 0 Å². The van der Waals surface area contributed by atoms with E-state index in [0.29, 0.717) is 30.3 Å². The van der Waals surface area contributed by atoms with E-state index in [2.05, 4.69) is 39.0 Å². The first-order valence-corrected chi connectivity index (χ1v) is 11.5. The second-order valence-corrected chi connectivity index (χ2v) is 8.78. The van der Waals surface area contributed by atoms with E-state index in [-0.39, 0.29) is 11.9 Å². The van der Waals surface area contributed by atoms with Crippen molar-refractivity contribution in [1.82, 2.24) is 24.8 Å². The molecule has 0 bridgehead atoms. The Balaban J connectivity index is 1.31. The van der Waals surface area contributed by atoms with E-state index in [1.54, 1.807) is 30.6 Å². The lowest BCUT2D eigenvalue weighted by Crippen LogP contribution is -2.36. The van der Waals surface area contributed by atoms with Gasteiger partial charge in [-0.2, -0.15) is 0 Å². The highest BCUT2D eigenvalue weighted by atomic mass is 16.5. The molecule has 34 heavy (non-hydrogen) atoms. The van der Waals surface area contributed by atoms with E-state index in [4.69, 9.17) is 4.74 Å². The monoisotopic (exact) mass is 453 g/mol. The molecule has 4 aromatic rings. The number of rotatable bonds is 5. The van der Waals surface area contributed by atoms with Crippen LogP contribution in [-0.4, -0.2) is 63.9 Å². The van der Waals surface area contributed by atoms with E-state index in [1.807, 2.05) is 41.4 Å². The zero-order valence-electron chi connectivity index (χ0n) is 19.2. The fraction of sp³-hybridized carbons (Fsp3) is 0.259. The summed E-state index contributed by atoms with van der Waals surface area (Å²) in [5.74, 6) is 0.871. The second kappa shape index (κ2) is 9.97. The van der Waals surface area contributed by atoms with Gasteiger partial charge in [-0.3, -0.25) is 9.78 Å². The van der Waals surface area contributed by atoms with Gasteiger partial charge in [0.25, 0.3) is 5.91 Å². The number of hydrogen-bond donors (Lipinski definition) is 0. The predicted octanol–water partition coefficient (Wildman–Crippen LogP) is 4.06. The summed E-state index contributed by atoms with van der Waals surface area (Å²) in [6, 6.07) is 19.6. The molecule has 1 atom stereocenters. The Labute approximate surface area is 199 Å². The molecular formula is C27H27N5O2. The van der Waals surface area contributed by atoms with Crippen molar-refractivity contribution in [3.63, 3.8) is 0 Å². The highest BCUT2D eigenvalue weighted by Crippen LogP contribution is 2.22. The number of hydrogen-bond acceptors (Lipinski definition) is 6. The number of ether oxygens (including phenoxy) is 1. The van der Waals surface area contributed by atoms with Gasteiger partial charge in [-0.15, -0.1) is 0 Å². The maximum absolute atomic E-state index is 13.4. The number of pyridine rings is 1. The molecule has 0 aliphatic carbocycles. The highest BCUT2D eigenvalue weighted by molar-refractivity contribution is 5.94. The number of nitrogens with zero attached hydrogens (tertiary/aromatic N) is 5. The van der Waals surface area contributed by atoms with Crippen molar-refractivity contribution < 1.29 is 9.53 Å². The van der Waals surface area contributed by atoms with Gasteiger partial charge in [0.2, 0.25) is 0 Å². The topological polar surface area (TPSA) is 71.5 Å². The van der Waals surface area contributed by atoms with Crippen molar-refractivity contribution in [3.8, 4) is 11.8 Å². The minimum absolute atomic E-state index is 0.0105. The third-order valence-electron chi connectivity index (χ3n) is 6.09. The van der Waals surface area contributed by atoms with Crippen LogP contribution in [0.15, 0.2) is 79.3 Å². The zero-order valence-corrected chi connectivity index (χ0v) is 19.2. The van der Waals surface area contributed by atoms with Crippen molar-refractivity contribution in [2.24, 2.45) is 5.92 Å². The molecule has 5 rings (SSSR count). The average molecular weight is 454 g/mol. The SMILES string of the molecule is CN1CCN(C(=O)c2cccc(Oc3ncccn3)c2)CC(Cc2cnc3ccccc3c2)C1. The molecule has 1 aliphatic heterocycles. The maximum Gasteiger partial charge on any atom is 0.321 e. The van der Waals surface area contributed by atoms with Gasteiger partial charge in [0.05, 0.1) is 5.52 Å². The normalized spacial score (nSPS) is 16.9. The molecule has 1 fully saturated rings. The van der Waals surface area contributed by atoms with Crippen molar-refractivity contribution in [2.45, 2.75) is 6.42 Å². The van der Waals surface area contributed by atoms with Gasteiger partial charge in [0.15, 0.2) is 0 Å². The Morgan fingerprint density at radius 2 is 1.82 bits per heavy atom. The number of carbonyl (C=O) groups is 1. The first-order chi connectivity index (χ1) is 16.6. The highest BCUT2D eigenvalue weighted by Gasteiger charge is 2.25. The minimum atomic E-state index is 0.0105. The molecular weight excluding hydrogens is 426 g/mol. The Morgan fingerprint density at radius 3 is 2.71 bits per heavy atom. The third kappa shape index (κ3) is 5.21. The maximum atomic E-state index is 13.4. The van der Waals surface area contributed by atoms with E-state index >= 15 is 0 Å². The second-order valence-electron chi connectivity index (χ2n) is 8.78. The molecule has 1 amide bonds. The van der Waals surface area contributed by atoms with Gasteiger partial charge in [0.1, 0.15) is 5.75 Å². The number of benzene rings is 2. The molecule has 2 aromatic carbocycles. The van der Waals surface area contributed by atoms with Crippen LogP contribution in [0.4, 0.5) is 0 Å². The van der Waals surface area contributed by atoms with Crippen molar-refractivity contribution in [3.05, 3.63) is 90.4 Å². The van der Waals surface area contributed by atoms with Crippen molar-refractivity contribution >= 4 is 16.8 Å². The molecule has 1 saturated heterocycles. The summed E-state index contributed by atoms with van der Waals surface area (Å²) in [6.45, 7) is 3.16. The number of likely N-dealkylation sites (N-methyl/N-ethyl adjacent to an activating group) is 1. The molecule has 3 heterocycles. The number of aromatic nitrogens is 3. The summed E-state index contributed by atoms with van der Waals surface area (Å²) in [5, 5.41) is 1.15. The van der Waals surface area contributed by atoms with Crippen LogP contribution in [-0.2, 0) is 6.42 Å². The smallest absolute Gasteiger partial charge is 0.321 e. The first kappa shape index (κ1) is 22.0. The van der Waals surface area contributed by atoms with Crippen molar-refractivity contribution in [2.75, 3.05) is 33.2 Å². The number of amides is 1. The predicted molar refractivity (Wildman–Crippen MR) is 131 cm³/mol. The molecule has 2 aromatic heterocycles. The van der Waals surface area contributed by atoms with E-state index < -0.39 is 0 Å². The molecule has 1 aliphatic rings. The van der Waals surface area contributed by atoms with Crippen LogP contribution in [0, 0.1) is 5.92 Å². The number of carbonyl (C=O) groups excluding carboxylic acids is 1. The standard InChI is InChI=1S/C27H27N5O2/c1-31-12-13-32(19-21(18-31)14-20-15-22-6-2-3-9-25(22)30-17-20)26(33)23-7-4-8-24(16-23)34-27-28-10-5-11-29-27/h2-11,15-17,21H,12-14,18-19H2,1H3. The lowest BCUT2D eigenvalue weighted by Gasteiger charge is -2.24. The minimum Gasteiger partial charge on any atom is -0.424 e. The quantitative estimate of drug-likeness (QED) is 0.454. The van der Waals surface area contributed by atoms with Crippen LogP contribution in [0.1, 0.15) is 15.9 Å². The summed E-state index contributed by atoms with van der Waals surface area (Å²) in [6.07, 6.45) is 6.08. The van der Waals surface area contributed by atoms with Gasteiger partial charge in [-0.25, -0.2) is 9.97 Å². The molecule has 0 spiro atoms. The summed E-state index contributed by atoms with van der Waals surface area (Å²) >= 11 is 0. The van der Waals surface area contributed by atoms with Crippen molar-refractivity contribution in [1.29, 1.82) is 0 Å².